The van der Waals surface area contributed by atoms with E-state index in [-0.39, 0.29) is 5.91 Å². The van der Waals surface area contributed by atoms with E-state index in [0.717, 1.165) is 0 Å². The monoisotopic (exact) mass is 235 g/mol. The van der Waals surface area contributed by atoms with Gasteiger partial charge in [0, 0.05) is 11.6 Å². The van der Waals surface area contributed by atoms with Gasteiger partial charge < -0.3 is 5.43 Å². The summed E-state index contributed by atoms with van der Waals surface area (Å²) in [5.74, 6) is 4.89. The van der Waals surface area contributed by atoms with Crippen LogP contribution in [0.1, 0.15) is 10.5 Å². The van der Waals surface area contributed by atoms with E-state index in [1.165, 1.54) is 17.5 Å². The lowest BCUT2D eigenvalue weighted by Crippen LogP contribution is -2.14. The smallest absolute Gasteiger partial charge is 0.276 e. The fourth-order valence-electron chi connectivity index (χ4n) is 1.06. The molecular formula is C9H9N5OS. The van der Waals surface area contributed by atoms with Crippen molar-refractivity contribution >= 4 is 28.1 Å². The van der Waals surface area contributed by atoms with Crippen LogP contribution < -0.4 is 16.6 Å². The highest BCUT2D eigenvalue weighted by Crippen LogP contribution is 2.12. The van der Waals surface area contributed by atoms with E-state index >= 15 is 0 Å². The number of aromatic nitrogens is 2. The highest BCUT2D eigenvalue weighted by molar-refractivity contribution is 7.13. The molecule has 1 amide bonds. The number of thiazole rings is 1. The summed E-state index contributed by atoms with van der Waals surface area (Å²) >= 11 is 1.35. The molecule has 0 aliphatic carbocycles. The number of carbonyl (C=O) groups is 1. The summed E-state index contributed by atoms with van der Waals surface area (Å²) in [5, 5.41) is 4.96. The molecule has 0 aromatic carbocycles. The molecule has 0 aliphatic heterocycles. The van der Waals surface area contributed by atoms with Gasteiger partial charge in [0.05, 0.1) is 11.9 Å². The van der Waals surface area contributed by atoms with E-state index in [1.807, 2.05) is 0 Å². The topological polar surface area (TPSA) is 92.9 Å². The van der Waals surface area contributed by atoms with Gasteiger partial charge in [0.2, 0.25) is 0 Å². The second kappa shape index (κ2) is 4.69. The molecule has 0 aliphatic rings. The van der Waals surface area contributed by atoms with Crippen LogP contribution in [0.2, 0.25) is 0 Å². The van der Waals surface area contributed by atoms with Gasteiger partial charge in [-0.25, -0.2) is 9.97 Å². The average Bonchev–Trinajstić information content (AvgIpc) is 2.82. The molecule has 16 heavy (non-hydrogen) atoms. The fourth-order valence-corrected chi connectivity index (χ4v) is 1.58. The van der Waals surface area contributed by atoms with E-state index < -0.39 is 0 Å². The van der Waals surface area contributed by atoms with Crippen LogP contribution in [0.3, 0.4) is 0 Å². The lowest BCUT2D eigenvalue weighted by molar-refractivity contribution is 0.102. The normalized spacial score (nSPS) is 9.81. The largest absolute Gasteiger partial charge is 0.323 e. The minimum Gasteiger partial charge on any atom is -0.323 e. The standard InChI is InChI=1S/C9H9N5OS/c10-14-6-1-2-7(12-5-6)8(15)13-9-11-3-4-16-9/h1-5,14H,10H2,(H,11,13,15). The Morgan fingerprint density at radius 1 is 1.38 bits per heavy atom. The first kappa shape index (κ1) is 10.5. The molecule has 2 rings (SSSR count). The maximum Gasteiger partial charge on any atom is 0.276 e. The van der Waals surface area contributed by atoms with E-state index in [0.29, 0.717) is 16.5 Å². The fraction of sp³-hybridized carbons (Fsp3) is 0. The number of nitrogens with zero attached hydrogens (tertiary/aromatic N) is 2. The second-order valence-corrected chi connectivity index (χ2v) is 3.76. The number of nitrogen functional groups attached to an aromatic ring is 1. The molecule has 7 heteroatoms. The average molecular weight is 235 g/mol. The van der Waals surface area contributed by atoms with Crippen molar-refractivity contribution in [1.82, 2.24) is 9.97 Å². The lowest BCUT2D eigenvalue weighted by atomic mass is 10.3. The first-order valence-electron chi connectivity index (χ1n) is 4.43. The minimum atomic E-state index is -0.293. The Morgan fingerprint density at radius 2 is 2.25 bits per heavy atom. The van der Waals surface area contributed by atoms with Gasteiger partial charge in [-0.3, -0.25) is 16.0 Å². The molecule has 2 aromatic rings. The molecule has 4 N–H and O–H groups in total. The quantitative estimate of drug-likeness (QED) is 0.546. The van der Waals surface area contributed by atoms with Crippen molar-refractivity contribution in [2.45, 2.75) is 0 Å². The summed E-state index contributed by atoms with van der Waals surface area (Å²) in [7, 11) is 0. The number of hydrogen-bond acceptors (Lipinski definition) is 6. The summed E-state index contributed by atoms with van der Waals surface area (Å²) in [4.78, 5) is 19.5. The van der Waals surface area contributed by atoms with Gasteiger partial charge in [-0.1, -0.05) is 0 Å². The molecular weight excluding hydrogens is 226 g/mol. The highest BCUT2D eigenvalue weighted by atomic mass is 32.1. The van der Waals surface area contributed by atoms with Crippen LogP contribution >= 0.6 is 11.3 Å². The zero-order chi connectivity index (χ0) is 11.4. The van der Waals surface area contributed by atoms with Crippen LogP contribution in [0.25, 0.3) is 0 Å². The van der Waals surface area contributed by atoms with Crippen LogP contribution in [0.5, 0.6) is 0 Å². The van der Waals surface area contributed by atoms with Crippen molar-refractivity contribution in [3.63, 3.8) is 0 Å². The van der Waals surface area contributed by atoms with E-state index in [2.05, 4.69) is 20.7 Å². The molecule has 0 atom stereocenters. The van der Waals surface area contributed by atoms with Crippen molar-refractivity contribution in [3.05, 3.63) is 35.6 Å². The van der Waals surface area contributed by atoms with Crippen molar-refractivity contribution in [3.8, 4) is 0 Å². The first-order chi connectivity index (χ1) is 7.79. The molecule has 0 bridgehead atoms. The van der Waals surface area contributed by atoms with Gasteiger partial charge >= 0.3 is 0 Å². The van der Waals surface area contributed by atoms with Gasteiger partial charge in [-0.2, -0.15) is 0 Å². The predicted octanol–water partition coefficient (Wildman–Crippen LogP) is 1.08. The van der Waals surface area contributed by atoms with E-state index in [9.17, 15) is 4.79 Å². The molecule has 2 heterocycles. The lowest BCUT2D eigenvalue weighted by Gasteiger charge is -2.02. The molecule has 82 valence electrons. The predicted molar refractivity (Wildman–Crippen MR) is 62.1 cm³/mol. The summed E-state index contributed by atoms with van der Waals surface area (Å²) in [6, 6.07) is 3.25. The number of pyridine rings is 1. The number of hydrogen-bond donors (Lipinski definition) is 3. The summed E-state index contributed by atoms with van der Waals surface area (Å²) < 4.78 is 0. The van der Waals surface area contributed by atoms with Gasteiger partial charge in [0.1, 0.15) is 5.69 Å². The van der Waals surface area contributed by atoms with Crippen LogP contribution in [0.4, 0.5) is 10.8 Å². The molecule has 0 radical (unpaired) electrons. The SMILES string of the molecule is NNc1ccc(C(=O)Nc2nccs2)nc1. The maximum absolute atomic E-state index is 11.7. The number of nitrogens with two attached hydrogens (primary N) is 1. The summed E-state index contributed by atoms with van der Waals surface area (Å²) in [6.45, 7) is 0. The van der Waals surface area contributed by atoms with Gasteiger partial charge in [0.25, 0.3) is 5.91 Å². The van der Waals surface area contributed by atoms with Crippen molar-refractivity contribution < 1.29 is 4.79 Å². The van der Waals surface area contributed by atoms with Crippen molar-refractivity contribution in [2.75, 3.05) is 10.7 Å². The molecule has 2 aromatic heterocycles. The second-order valence-electron chi connectivity index (χ2n) is 2.87. The number of hydrazine groups is 1. The van der Waals surface area contributed by atoms with Crippen molar-refractivity contribution in [1.29, 1.82) is 0 Å². The molecule has 0 fully saturated rings. The van der Waals surface area contributed by atoms with Crippen LogP contribution in [0, 0.1) is 0 Å². The Morgan fingerprint density at radius 3 is 2.81 bits per heavy atom. The molecule has 0 unspecified atom stereocenters. The first-order valence-corrected chi connectivity index (χ1v) is 5.31. The maximum atomic E-state index is 11.7. The third-order valence-electron chi connectivity index (χ3n) is 1.82. The molecule has 0 spiro atoms. The third kappa shape index (κ3) is 2.33. The van der Waals surface area contributed by atoms with Crippen LogP contribution in [0.15, 0.2) is 29.9 Å². The van der Waals surface area contributed by atoms with E-state index in [4.69, 9.17) is 5.84 Å². The third-order valence-corrected chi connectivity index (χ3v) is 2.50. The Labute approximate surface area is 95.5 Å². The Hall–Kier alpha value is -1.99. The number of carbonyl (C=O) groups excluding carboxylic acids is 1. The van der Waals surface area contributed by atoms with E-state index in [1.54, 1.807) is 23.7 Å². The number of rotatable bonds is 3. The Kier molecular flexibility index (Phi) is 3.08. The van der Waals surface area contributed by atoms with Crippen molar-refractivity contribution in [2.24, 2.45) is 5.84 Å². The number of amides is 1. The number of nitrogens with one attached hydrogen (secondary N) is 2. The van der Waals surface area contributed by atoms with Gasteiger partial charge in [-0.15, -0.1) is 11.3 Å². The molecule has 0 saturated carbocycles. The van der Waals surface area contributed by atoms with Gasteiger partial charge in [0.15, 0.2) is 5.13 Å². The number of anilines is 2. The van der Waals surface area contributed by atoms with Crippen LogP contribution in [-0.4, -0.2) is 15.9 Å². The zero-order valence-corrected chi connectivity index (χ0v) is 8.99. The zero-order valence-electron chi connectivity index (χ0n) is 8.18. The minimum absolute atomic E-state index is 0.293. The molecule has 6 nitrogen and oxygen atoms in total. The van der Waals surface area contributed by atoms with Crippen LogP contribution in [-0.2, 0) is 0 Å². The Balaban J connectivity index is 2.09. The summed E-state index contributed by atoms with van der Waals surface area (Å²) in [5.41, 5.74) is 3.39. The molecule has 0 saturated heterocycles. The Bertz CT molecular complexity index is 467. The van der Waals surface area contributed by atoms with Gasteiger partial charge in [-0.05, 0) is 12.1 Å². The highest BCUT2D eigenvalue weighted by Gasteiger charge is 2.08. The summed E-state index contributed by atoms with van der Waals surface area (Å²) in [6.07, 6.45) is 3.10.